The summed E-state index contributed by atoms with van der Waals surface area (Å²) in [5.74, 6) is -0.0786. The molecular formula is C13H10ClN3OS. The number of halogens is 1. The maximum Gasteiger partial charge on any atom is 0.261 e. The largest absolute Gasteiger partial charge is 0.346 e. The summed E-state index contributed by atoms with van der Waals surface area (Å²) >= 11 is 7.32. The molecule has 3 aromatic rings. The Kier molecular flexibility index (Phi) is 3.23. The van der Waals surface area contributed by atoms with E-state index < -0.39 is 0 Å². The number of nitrogens with zero attached hydrogens (tertiary/aromatic N) is 2. The van der Waals surface area contributed by atoms with Crippen LogP contribution in [0.15, 0.2) is 42.0 Å². The molecule has 0 aliphatic rings. The van der Waals surface area contributed by atoms with Gasteiger partial charge < -0.3 is 9.72 Å². The second kappa shape index (κ2) is 5.03. The molecule has 3 rings (SSSR count). The van der Waals surface area contributed by atoms with Gasteiger partial charge in [-0.2, -0.15) is 0 Å². The van der Waals surface area contributed by atoms with E-state index in [1.807, 2.05) is 28.1 Å². The number of fused-ring (bicyclic) bond motifs is 1. The van der Waals surface area contributed by atoms with Crippen LogP contribution in [-0.4, -0.2) is 15.3 Å². The lowest BCUT2D eigenvalue weighted by molar-refractivity contribution is 0.0954. The van der Waals surface area contributed by atoms with E-state index in [-0.39, 0.29) is 5.91 Å². The number of aromatic nitrogens is 2. The van der Waals surface area contributed by atoms with Crippen LogP contribution in [-0.2, 0) is 6.54 Å². The number of pyridine rings is 1. The molecule has 19 heavy (non-hydrogen) atoms. The van der Waals surface area contributed by atoms with E-state index in [1.54, 1.807) is 18.3 Å². The van der Waals surface area contributed by atoms with Gasteiger partial charge in [-0.1, -0.05) is 17.7 Å². The van der Waals surface area contributed by atoms with Crippen LogP contribution >= 0.6 is 22.9 Å². The standard InChI is InChI=1S/C13H10ClN3OS/c14-9-3-4-12-16-10(8-17(12)7-9)6-15-13(18)11-2-1-5-19-11/h1-5,7-8H,6H2,(H,15,18). The summed E-state index contributed by atoms with van der Waals surface area (Å²) in [6, 6.07) is 7.28. The predicted molar refractivity (Wildman–Crippen MR) is 75.7 cm³/mol. The Morgan fingerprint density at radius 2 is 2.26 bits per heavy atom. The van der Waals surface area contributed by atoms with Crippen molar-refractivity contribution in [2.75, 3.05) is 0 Å². The normalized spacial score (nSPS) is 10.8. The summed E-state index contributed by atoms with van der Waals surface area (Å²) in [7, 11) is 0. The van der Waals surface area contributed by atoms with Gasteiger partial charge in [-0.05, 0) is 23.6 Å². The molecule has 6 heteroatoms. The van der Waals surface area contributed by atoms with Crippen molar-refractivity contribution >= 4 is 34.5 Å². The van der Waals surface area contributed by atoms with Gasteiger partial charge in [0, 0.05) is 12.4 Å². The van der Waals surface area contributed by atoms with E-state index in [1.165, 1.54) is 11.3 Å². The zero-order valence-electron chi connectivity index (χ0n) is 9.84. The van der Waals surface area contributed by atoms with Crippen molar-refractivity contribution in [1.82, 2.24) is 14.7 Å². The molecule has 1 N–H and O–H groups in total. The van der Waals surface area contributed by atoms with Crippen molar-refractivity contribution in [3.63, 3.8) is 0 Å². The first kappa shape index (κ1) is 12.2. The fourth-order valence-electron chi connectivity index (χ4n) is 1.77. The first-order valence-corrected chi connectivity index (χ1v) is 6.93. The molecule has 0 saturated heterocycles. The van der Waals surface area contributed by atoms with Gasteiger partial charge in [-0.25, -0.2) is 4.98 Å². The molecule has 3 aromatic heterocycles. The number of hydrogen-bond donors (Lipinski definition) is 1. The number of rotatable bonds is 3. The topological polar surface area (TPSA) is 46.4 Å². The van der Waals surface area contributed by atoms with Crippen LogP contribution in [0.25, 0.3) is 5.65 Å². The summed E-state index contributed by atoms with van der Waals surface area (Å²) < 4.78 is 1.84. The van der Waals surface area contributed by atoms with Gasteiger partial charge >= 0.3 is 0 Å². The molecule has 0 radical (unpaired) electrons. The van der Waals surface area contributed by atoms with Crippen LogP contribution < -0.4 is 5.32 Å². The Labute approximate surface area is 118 Å². The first-order valence-electron chi connectivity index (χ1n) is 5.67. The van der Waals surface area contributed by atoms with Gasteiger partial charge in [0.1, 0.15) is 5.65 Å². The van der Waals surface area contributed by atoms with Crippen molar-refractivity contribution < 1.29 is 4.79 Å². The van der Waals surface area contributed by atoms with E-state index in [0.29, 0.717) is 16.4 Å². The van der Waals surface area contributed by atoms with Gasteiger partial charge in [-0.3, -0.25) is 4.79 Å². The van der Waals surface area contributed by atoms with Crippen LogP contribution in [0.2, 0.25) is 5.02 Å². The van der Waals surface area contributed by atoms with Gasteiger partial charge in [0.15, 0.2) is 0 Å². The van der Waals surface area contributed by atoms with Crippen molar-refractivity contribution in [2.45, 2.75) is 6.54 Å². The minimum absolute atomic E-state index is 0.0786. The number of thiophene rings is 1. The SMILES string of the molecule is O=C(NCc1cn2cc(Cl)ccc2n1)c1cccs1. The monoisotopic (exact) mass is 291 g/mol. The average molecular weight is 292 g/mol. The van der Waals surface area contributed by atoms with Crippen molar-refractivity contribution in [3.8, 4) is 0 Å². The quantitative estimate of drug-likeness (QED) is 0.806. The fraction of sp³-hybridized carbons (Fsp3) is 0.0769. The van der Waals surface area contributed by atoms with Gasteiger partial charge in [0.25, 0.3) is 5.91 Å². The molecule has 0 aromatic carbocycles. The molecule has 0 unspecified atom stereocenters. The van der Waals surface area contributed by atoms with E-state index in [4.69, 9.17) is 11.6 Å². The van der Waals surface area contributed by atoms with E-state index in [0.717, 1.165) is 11.3 Å². The highest BCUT2D eigenvalue weighted by Crippen LogP contribution is 2.12. The molecule has 0 spiro atoms. The van der Waals surface area contributed by atoms with E-state index >= 15 is 0 Å². The molecule has 0 fully saturated rings. The van der Waals surface area contributed by atoms with Crippen LogP contribution in [0, 0.1) is 0 Å². The molecule has 4 nitrogen and oxygen atoms in total. The van der Waals surface area contributed by atoms with Crippen LogP contribution in [0.3, 0.4) is 0 Å². The zero-order chi connectivity index (χ0) is 13.2. The van der Waals surface area contributed by atoms with Crippen molar-refractivity contribution in [3.05, 3.63) is 57.6 Å². The fourth-order valence-corrected chi connectivity index (χ4v) is 2.58. The number of amides is 1. The number of carbonyl (C=O) groups is 1. The number of nitrogens with one attached hydrogen (secondary N) is 1. The molecule has 0 bridgehead atoms. The van der Waals surface area contributed by atoms with Gasteiger partial charge in [-0.15, -0.1) is 11.3 Å². The second-order valence-electron chi connectivity index (χ2n) is 4.01. The lowest BCUT2D eigenvalue weighted by Crippen LogP contribution is -2.21. The molecule has 1 amide bonds. The molecule has 96 valence electrons. The highest BCUT2D eigenvalue weighted by Gasteiger charge is 2.07. The highest BCUT2D eigenvalue weighted by atomic mass is 35.5. The second-order valence-corrected chi connectivity index (χ2v) is 5.39. The highest BCUT2D eigenvalue weighted by molar-refractivity contribution is 7.12. The number of carbonyl (C=O) groups excluding carboxylic acids is 1. The minimum Gasteiger partial charge on any atom is -0.346 e. The van der Waals surface area contributed by atoms with Gasteiger partial charge in [0.2, 0.25) is 0 Å². The average Bonchev–Trinajstić information content (AvgIpc) is 3.04. The molecule has 0 aliphatic heterocycles. The smallest absolute Gasteiger partial charge is 0.261 e. The van der Waals surface area contributed by atoms with Crippen molar-refractivity contribution in [2.24, 2.45) is 0 Å². The summed E-state index contributed by atoms with van der Waals surface area (Å²) in [5, 5.41) is 5.37. The summed E-state index contributed by atoms with van der Waals surface area (Å²) in [6.07, 6.45) is 3.64. The molecule has 0 saturated carbocycles. The Hall–Kier alpha value is -1.85. The van der Waals surface area contributed by atoms with E-state index in [9.17, 15) is 4.79 Å². The summed E-state index contributed by atoms with van der Waals surface area (Å²) in [4.78, 5) is 16.9. The maximum absolute atomic E-state index is 11.8. The van der Waals surface area contributed by atoms with Gasteiger partial charge in [0.05, 0.1) is 22.1 Å². The maximum atomic E-state index is 11.8. The van der Waals surface area contributed by atoms with Crippen LogP contribution in [0.5, 0.6) is 0 Å². The summed E-state index contributed by atoms with van der Waals surface area (Å²) in [6.45, 7) is 0.399. The molecule has 0 atom stereocenters. The molecule has 3 heterocycles. The Morgan fingerprint density at radius 1 is 1.37 bits per heavy atom. The summed E-state index contributed by atoms with van der Waals surface area (Å²) in [5.41, 5.74) is 1.61. The third-order valence-corrected chi connectivity index (χ3v) is 3.73. The third-order valence-electron chi connectivity index (χ3n) is 2.64. The zero-order valence-corrected chi connectivity index (χ0v) is 11.4. The predicted octanol–water partition coefficient (Wildman–Crippen LogP) is 2.98. The van der Waals surface area contributed by atoms with Crippen LogP contribution in [0.1, 0.15) is 15.4 Å². The number of hydrogen-bond acceptors (Lipinski definition) is 3. The van der Waals surface area contributed by atoms with E-state index in [2.05, 4.69) is 10.3 Å². The Morgan fingerprint density at radius 3 is 3.05 bits per heavy atom. The number of imidazole rings is 1. The molecular weight excluding hydrogens is 282 g/mol. The van der Waals surface area contributed by atoms with Crippen molar-refractivity contribution in [1.29, 1.82) is 0 Å². The minimum atomic E-state index is -0.0786. The first-order chi connectivity index (χ1) is 9.22. The Balaban J connectivity index is 1.73. The Bertz CT molecular complexity index is 721. The van der Waals surface area contributed by atoms with Crippen LogP contribution in [0.4, 0.5) is 0 Å². The third kappa shape index (κ3) is 2.62. The molecule has 0 aliphatic carbocycles. The lowest BCUT2D eigenvalue weighted by atomic mass is 10.4. The lowest BCUT2D eigenvalue weighted by Gasteiger charge is -1.99.